The number of aliphatic hydroxyl groups is 1. The van der Waals surface area contributed by atoms with Crippen molar-refractivity contribution in [1.82, 2.24) is 24.9 Å². The van der Waals surface area contributed by atoms with Gasteiger partial charge >= 0.3 is 0 Å². The number of rotatable bonds is 5. The number of nitrogens with zero attached hydrogens (tertiary/aromatic N) is 4. The molecule has 29 heavy (non-hydrogen) atoms. The molecule has 3 aromatic heterocycles. The molecule has 0 saturated heterocycles. The number of aromatic nitrogens is 4. The molecule has 0 unspecified atom stereocenters. The van der Waals surface area contributed by atoms with Crippen molar-refractivity contribution in [2.45, 2.75) is 24.9 Å². The van der Waals surface area contributed by atoms with Gasteiger partial charge in [-0.15, -0.1) is 0 Å². The van der Waals surface area contributed by atoms with Crippen molar-refractivity contribution in [2.24, 2.45) is 0 Å². The van der Waals surface area contributed by atoms with Crippen molar-refractivity contribution < 1.29 is 9.50 Å². The van der Waals surface area contributed by atoms with Gasteiger partial charge in [-0.2, -0.15) is 9.61 Å². The first-order valence-electron chi connectivity index (χ1n) is 9.23. The first-order chi connectivity index (χ1) is 14.0. The number of nitrogen functional groups attached to an aromatic ring is 1. The third kappa shape index (κ3) is 3.15. The lowest BCUT2D eigenvalue weighted by Crippen LogP contribution is -2.34. The van der Waals surface area contributed by atoms with Crippen LogP contribution in [0, 0.1) is 5.82 Å². The van der Waals surface area contributed by atoms with Gasteiger partial charge in [0.25, 0.3) is 0 Å². The topological polar surface area (TPSA) is 101 Å². The second-order valence-corrected chi connectivity index (χ2v) is 8.20. The maximum Gasteiger partial charge on any atom is 0.165 e. The van der Waals surface area contributed by atoms with Crippen LogP contribution < -0.4 is 11.1 Å². The van der Waals surface area contributed by atoms with E-state index in [1.54, 1.807) is 23.0 Å². The first kappa shape index (κ1) is 18.4. The largest absolute Gasteiger partial charge is 0.394 e. The van der Waals surface area contributed by atoms with Crippen LogP contribution in [-0.2, 0) is 6.54 Å². The highest BCUT2D eigenvalue weighted by Crippen LogP contribution is 2.36. The van der Waals surface area contributed by atoms with Crippen molar-refractivity contribution >= 4 is 38.3 Å². The molecule has 0 amide bonds. The van der Waals surface area contributed by atoms with Gasteiger partial charge in [0.2, 0.25) is 0 Å². The number of hydrogen-bond donors (Lipinski definition) is 3. The molecule has 1 aromatic carbocycles. The Bertz CT molecular complexity index is 1250. The molecule has 9 heteroatoms. The van der Waals surface area contributed by atoms with Gasteiger partial charge in [-0.1, -0.05) is 0 Å². The molecule has 4 aromatic rings. The predicted molar refractivity (Wildman–Crippen MR) is 112 cm³/mol. The molecule has 1 aliphatic carbocycles. The van der Waals surface area contributed by atoms with Crippen LogP contribution in [0.5, 0.6) is 0 Å². The van der Waals surface area contributed by atoms with Gasteiger partial charge < -0.3 is 16.2 Å². The summed E-state index contributed by atoms with van der Waals surface area (Å²) in [6.07, 6.45) is 5.28. The quantitative estimate of drug-likeness (QED) is 0.426. The Hall–Kier alpha value is -2.62. The van der Waals surface area contributed by atoms with Crippen molar-refractivity contribution in [3.05, 3.63) is 52.6 Å². The van der Waals surface area contributed by atoms with E-state index in [1.807, 2.05) is 6.07 Å². The Kier molecular flexibility index (Phi) is 4.27. The van der Waals surface area contributed by atoms with E-state index in [-0.39, 0.29) is 18.0 Å². The predicted octanol–water partition coefficient (Wildman–Crippen LogP) is 3.04. The average Bonchev–Trinajstić information content (AvgIpc) is 3.39. The average molecular weight is 457 g/mol. The van der Waals surface area contributed by atoms with Gasteiger partial charge in [0.05, 0.1) is 28.5 Å². The van der Waals surface area contributed by atoms with E-state index in [1.165, 1.54) is 12.1 Å². The van der Waals surface area contributed by atoms with E-state index >= 15 is 0 Å². The summed E-state index contributed by atoms with van der Waals surface area (Å²) in [5.41, 5.74) is 9.64. The first-order valence-corrected chi connectivity index (χ1v) is 10.0. The molecule has 0 bridgehead atoms. The Morgan fingerprint density at radius 3 is 2.86 bits per heavy atom. The number of hydrogen-bond acceptors (Lipinski definition) is 6. The lowest BCUT2D eigenvalue weighted by molar-refractivity contribution is 0.229. The maximum atomic E-state index is 13.6. The third-order valence-corrected chi connectivity index (χ3v) is 6.30. The van der Waals surface area contributed by atoms with Crippen LogP contribution in [0.3, 0.4) is 0 Å². The highest BCUT2D eigenvalue weighted by molar-refractivity contribution is 9.10. The van der Waals surface area contributed by atoms with Gasteiger partial charge in [0, 0.05) is 34.8 Å². The molecule has 0 radical (unpaired) electrons. The van der Waals surface area contributed by atoms with Gasteiger partial charge in [-0.05, 0) is 53.0 Å². The summed E-state index contributed by atoms with van der Waals surface area (Å²) in [7, 11) is 0. The second kappa shape index (κ2) is 6.72. The number of nitrogens with two attached hydrogens (primary N) is 1. The molecule has 4 N–H and O–H groups in total. The minimum absolute atomic E-state index is 0.0968. The van der Waals surface area contributed by atoms with Crippen LogP contribution in [0.1, 0.15) is 18.5 Å². The molecule has 0 aliphatic heterocycles. The fraction of sp³-hybridized carbons (Fsp3) is 0.250. The summed E-state index contributed by atoms with van der Waals surface area (Å²) in [5.74, 6) is 0.126. The number of halogens is 2. The van der Waals surface area contributed by atoms with E-state index in [0.29, 0.717) is 33.4 Å². The minimum atomic E-state index is -0.311. The van der Waals surface area contributed by atoms with E-state index in [0.717, 1.165) is 29.7 Å². The number of fused-ring (bicyclic) bond motifs is 2. The maximum absolute atomic E-state index is 13.6. The van der Waals surface area contributed by atoms with Gasteiger partial charge in [0.1, 0.15) is 11.6 Å². The molecule has 7 nitrogen and oxygen atoms in total. The Balaban J connectivity index is 1.59. The summed E-state index contributed by atoms with van der Waals surface area (Å²) in [6, 6.07) is 6.36. The molecule has 5 rings (SSSR count). The van der Waals surface area contributed by atoms with E-state index in [4.69, 9.17) is 10.7 Å². The van der Waals surface area contributed by atoms with Gasteiger partial charge in [-0.3, -0.25) is 4.98 Å². The molecular formula is C20H18BrFN6O. The highest BCUT2D eigenvalue weighted by Gasteiger charge is 2.41. The Morgan fingerprint density at radius 1 is 1.28 bits per heavy atom. The SMILES string of the molecule is Nc1c(Br)c(CNC2(CO)CC2)nc2c(-c3cnc4ccc(F)cc4c3)cnn12. The summed E-state index contributed by atoms with van der Waals surface area (Å²) < 4.78 is 15.9. The number of pyridine rings is 1. The normalized spacial score (nSPS) is 15.3. The van der Waals surface area contributed by atoms with Crippen molar-refractivity contribution in [3.8, 4) is 11.1 Å². The monoisotopic (exact) mass is 456 g/mol. The fourth-order valence-corrected chi connectivity index (χ4v) is 3.82. The summed E-state index contributed by atoms with van der Waals surface area (Å²) >= 11 is 3.51. The standard InChI is InChI=1S/C20H18BrFN6O/c21-17-16(9-25-20(10-29)3-4-20)27-19-14(8-26-28(19)18(17)23)12-5-11-6-13(22)1-2-15(11)24-7-12/h1-2,5-8,25,29H,3-4,9-10,23H2. The number of nitrogens with one attached hydrogen (secondary N) is 1. The fourth-order valence-electron chi connectivity index (χ4n) is 3.43. The molecule has 1 fully saturated rings. The lowest BCUT2D eigenvalue weighted by Gasteiger charge is -2.15. The zero-order valence-electron chi connectivity index (χ0n) is 15.4. The number of aliphatic hydroxyl groups excluding tert-OH is 1. The van der Waals surface area contributed by atoms with Crippen LogP contribution in [0.25, 0.3) is 27.7 Å². The van der Waals surface area contributed by atoms with E-state index in [9.17, 15) is 9.50 Å². The van der Waals surface area contributed by atoms with E-state index in [2.05, 4.69) is 31.3 Å². The smallest absolute Gasteiger partial charge is 0.165 e. The van der Waals surface area contributed by atoms with Crippen LogP contribution in [0.4, 0.5) is 10.2 Å². The molecule has 1 saturated carbocycles. The zero-order chi connectivity index (χ0) is 20.2. The third-order valence-electron chi connectivity index (χ3n) is 5.43. The molecule has 0 atom stereocenters. The molecule has 148 valence electrons. The van der Waals surface area contributed by atoms with Crippen LogP contribution in [0.2, 0.25) is 0 Å². The molecular weight excluding hydrogens is 439 g/mol. The van der Waals surface area contributed by atoms with Crippen molar-refractivity contribution in [2.75, 3.05) is 12.3 Å². The zero-order valence-corrected chi connectivity index (χ0v) is 16.9. The van der Waals surface area contributed by atoms with Crippen molar-refractivity contribution in [3.63, 3.8) is 0 Å². The van der Waals surface area contributed by atoms with Crippen LogP contribution in [0.15, 0.2) is 41.1 Å². The summed E-state index contributed by atoms with van der Waals surface area (Å²) in [4.78, 5) is 9.19. The Morgan fingerprint density at radius 2 is 2.10 bits per heavy atom. The summed E-state index contributed by atoms with van der Waals surface area (Å²) in [6.45, 7) is 0.563. The van der Waals surface area contributed by atoms with E-state index < -0.39 is 0 Å². The lowest BCUT2D eigenvalue weighted by atomic mass is 10.1. The van der Waals surface area contributed by atoms with Crippen LogP contribution >= 0.6 is 15.9 Å². The second-order valence-electron chi connectivity index (χ2n) is 7.40. The summed E-state index contributed by atoms with van der Waals surface area (Å²) in [5, 5.41) is 18.0. The van der Waals surface area contributed by atoms with Crippen LogP contribution in [-0.4, -0.2) is 36.8 Å². The minimum Gasteiger partial charge on any atom is -0.394 e. The molecule has 3 heterocycles. The van der Waals surface area contributed by atoms with Crippen molar-refractivity contribution in [1.29, 1.82) is 0 Å². The Labute approximate surface area is 173 Å². The molecule has 1 aliphatic rings. The van der Waals surface area contributed by atoms with Gasteiger partial charge in [-0.25, -0.2) is 9.37 Å². The molecule has 0 spiro atoms. The number of anilines is 1. The highest BCUT2D eigenvalue weighted by atomic mass is 79.9. The van der Waals surface area contributed by atoms with Gasteiger partial charge in [0.15, 0.2) is 5.65 Å². The number of benzene rings is 1.